The third-order valence-electron chi connectivity index (χ3n) is 7.73. The number of rotatable bonds is 9. The van der Waals surface area contributed by atoms with Crippen molar-refractivity contribution in [1.82, 2.24) is 14.4 Å². The number of fused-ring (bicyclic) bond motifs is 1. The predicted molar refractivity (Wildman–Crippen MR) is 158 cm³/mol. The minimum Gasteiger partial charge on any atom is -0.497 e. The summed E-state index contributed by atoms with van der Waals surface area (Å²) < 4.78 is 7.48. The molecule has 0 bridgehead atoms. The zero-order valence-corrected chi connectivity index (χ0v) is 23.6. The molecule has 204 valence electrons. The molecule has 1 saturated heterocycles. The fourth-order valence-electron chi connectivity index (χ4n) is 5.56. The average Bonchev–Trinajstić information content (AvgIpc) is 3.30. The second-order valence-electron chi connectivity index (χ2n) is 11.0. The minimum atomic E-state index is -0.807. The third-order valence-corrected chi connectivity index (χ3v) is 8.10. The number of ether oxygens (including phenoxy) is 1. The Hall–Kier alpha value is -3.32. The SMILES string of the molecule is COc1ccc(-c2cn(C(C)(C)CC(=O)O)c3ccc(CN4CCN(Cc5ccccc5Cl)CC4)cc23)cc1. The summed E-state index contributed by atoms with van der Waals surface area (Å²) in [6.45, 7) is 9.73. The lowest BCUT2D eigenvalue weighted by molar-refractivity contribution is -0.138. The molecule has 1 aliphatic heterocycles. The lowest BCUT2D eigenvalue weighted by Gasteiger charge is -2.35. The van der Waals surface area contributed by atoms with E-state index in [9.17, 15) is 9.90 Å². The van der Waals surface area contributed by atoms with Crippen LogP contribution >= 0.6 is 11.6 Å². The van der Waals surface area contributed by atoms with E-state index in [-0.39, 0.29) is 6.42 Å². The van der Waals surface area contributed by atoms with E-state index in [1.54, 1.807) is 7.11 Å². The van der Waals surface area contributed by atoms with Gasteiger partial charge in [-0.15, -0.1) is 0 Å². The van der Waals surface area contributed by atoms with Crippen LogP contribution in [-0.2, 0) is 23.4 Å². The fourth-order valence-corrected chi connectivity index (χ4v) is 5.76. The number of halogens is 1. The number of piperazine rings is 1. The van der Waals surface area contributed by atoms with Crippen molar-refractivity contribution in [1.29, 1.82) is 0 Å². The first-order chi connectivity index (χ1) is 18.7. The number of aromatic nitrogens is 1. The van der Waals surface area contributed by atoms with E-state index < -0.39 is 11.5 Å². The molecule has 5 rings (SSSR count). The van der Waals surface area contributed by atoms with E-state index in [0.29, 0.717) is 0 Å². The van der Waals surface area contributed by atoms with Gasteiger partial charge in [0, 0.05) is 72.5 Å². The molecule has 0 radical (unpaired) electrons. The van der Waals surface area contributed by atoms with Gasteiger partial charge in [0.25, 0.3) is 0 Å². The van der Waals surface area contributed by atoms with Gasteiger partial charge < -0.3 is 14.4 Å². The summed E-state index contributed by atoms with van der Waals surface area (Å²) in [5.41, 5.74) is 5.08. The van der Waals surface area contributed by atoms with E-state index in [4.69, 9.17) is 16.3 Å². The van der Waals surface area contributed by atoms with E-state index >= 15 is 0 Å². The first-order valence-corrected chi connectivity index (χ1v) is 13.8. The van der Waals surface area contributed by atoms with Crippen LogP contribution in [0.4, 0.5) is 0 Å². The summed E-state index contributed by atoms with van der Waals surface area (Å²) >= 11 is 6.38. The maximum Gasteiger partial charge on any atom is 0.305 e. The molecule has 0 spiro atoms. The van der Waals surface area contributed by atoms with Gasteiger partial charge in [0.05, 0.1) is 13.5 Å². The van der Waals surface area contributed by atoms with Crippen LogP contribution in [0.3, 0.4) is 0 Å². The molecular weight excluding hydrogens is 510 g/mol. The first kappa shape index (κ1) is 27.3. The van der Waals surface area contributed by atoms with Crippen LogP contribution in [-0.4, -0.2) is 58.7 Å². The van der Waals surface area contributed by atoms with Crippen LogP contribution in [0.15, 0.2) is 72.9 Å². The average molecular weight is 546 g/mol. The van der Waals surface area contributed by atoms with Crippen LogP contribution in [0.1, 0.15) is 31.4 Å². The molecule has 7 heteroatoms. The summed E-state index contributed by atoms with van der Waals surface area (Å²) in [7, 11) is 1.66. The standard InChI is InChI=1S/C32H36ClN3O3/c1-32(2,19-31(37)38)36-22-28(24-9-11-26(39-3)12-10-24)27-18-23(8-13-30(27)36)20-34-14-16-35(17-15-34)21-25-6-4-5-7-29(25)33/h4-13,18,22H,14-17,19-21H2,1-3H3,(H,37,38). The Morgan fingerprint density at radius 3 is 2.26 bits per heavy atom. The molecule has 0 aliphatic carbocycles. The summed E-state index contributed by atoms with van der Waals surface area (Å²) in [4.78, 5) is 16.6. The Bertz CT molecular complexity index is 1450. The smallest absolute Gasteiger partial charge is 0.305 e. The molecule has 4 aromatic rings. The molecule has 0 atom stereocenters. The van der Waals surface area contributed by atoms with Crippen LogP contribution < -0.4 is 4.74 Å². The zero-order valence-electron chi connectivity index (χ0n) is 22.9. The number of carboxylic acids is 1. The zero-order chi connectivity index (χ0) is 27.6. The lowest BCUT2D eigenvalue weighted by atomic mass is 10.00. The Kier molecular flexibility index (Phi) is 7.98. The van der Waals surface area contributed by atoms with Crippen molar-refractivity contribution in [2.75, 3.05) is 33.3 Å². The van der Waals surface area contributed by atoms with Crippen LogP contribution in [0.5, 0.6) is 5.75 Å². The number of benzene rings is 3. The van der Waals surface area contributed by atoms with Crippen molar-refractivity contribution >= 4 is 28.5 Å². The number of methoxy groups -OCH3 is 1. The molecule has 1 aromatic heterocycles. The number of hydrogen-bond donors (Lipinski definition) is 1. The number of carbonyl (C=O) groups is 1. The van der Waals surface area contributed by atoms with Crippen molar-refractivity contribution in [3.63, 3.8) is 0 Å². The maximum absolute atomic E-state index is 11.6. The number of aliphatic carboxylic acids is 1. The third kappa shape index (κ3) is 6.14. The number of nitrogens with zero attached hydrogens (tertiary/aromatic N) is 3. The largest absolute Gasteiger partial charge is 0.497 e. The highest BCUT2D eigenvalue weighted by Crippen LogP contribution is 2.37. The van der Waals surface area contributed by atoms with Gasteiger partial charge in [0.2, 0.25) is 0 Å². The quantitative estimate of drug-likeness (QED) is 0.260. The van der Waals surface area contributed by atoms with Gasteiger partial charge in [0.1, 0.15) is 5.75 Å². The molecular formula is C32H36ClN3O3. The molecule has 39 heavy (non-hydrogen) atoms. The van der Waals surface area contributed by atoms with E-state index in [1.165, 1.54) is 11.1 Å². The second-order valence-corrected chi connectivity index (χ2v) is 11.4. The summed E-state index contributed by atoms with van der Waals surface area (Å²) in [5, 5.41) is 11.5. The molecule has 3 aromatic carbocycles. The van der Waals surface area contributed by atoms with Crippen molar-refractivity contribution in [3.8, 4) is 16.9 Å². The Balaban J connectivity index is 1.38. The Labute approximate surface area is 235 Å². The van der Waals surface area contributed by atoms with E-state index in [2.05, 4.69) is 57.0 Å². The Morgan fingerprint density at radius 2 is 1.62 bits per heavy atom. The summed E-state index contributed by atoms with van der Waals surface area (Å²) in [6, 6.07) is 22.7. The molecule has 6 nitrogen and oxygen atoms in total. The van der Waals surface area contributed by atoms with Crippen molar-refractivity contribution in [3.05, 3.63) is 89.1 Å². The highest BCUT2D eigenvalue weighted by Gasteiger charge is 2.27. The molecule has 0 saturated carbocycles. The highest BCUT2D eigenvalue weighted by atomic mass is 35.5. The van der Waals surface area contributed by atoms with Crippen molar-refractivity contribution in [2.45, 2.75) is 38.9 Å². The van der Waals surface area contributed by atoms with Crippen LogP contribution in [0, 0.1) is 0 Å². The fraction of sp³-hybridized carbons (Fsp3) is 0.344. The normalized spacial score (nSPS) is 15.1. The van der Waals surface area contributed by atoms with E-state index in [0.717, 1.165) is 72.1 Å². The topological polar surface area (TPSA) is 57.9 Å². The van der Waals surface area contributed by atoms with Crippen molar-refractivity contribution in [2.24, 2.45) is 0 Å². The molecule has 1 fully saturated rings. The van der Waals surface area contributed by atoms with Gasteiger partial charge in [-0.05, 0) is 60.9 Å². The first-order valence-electron chi connectivity index (χ1n) is 13.4. The highest BCUT2D eigenvalue weighted by molar-refractivity contribution is 6.31. The monoisotopic (exact) mass is 545 g/mol. The lowest BCUT2D eigenvalue weighted by Crippen LogP contribution is -2.45. The number of carboxylic acid groups (broad SMARTS) is 1. The van der Waals surface area contributed by atoms with Gasteiger partial charge in [0.15, 0.2) is 0 Å². The molecule has 0 amide bonds. The second kappa shape index (κ2) is 11.4. The van der Waals surface area contributed by atoms with Gasteiger partial charge in [-0.3, -0.25) is 14.6 Å². The van der Waals surface area contributed by atoms with Gasteiger partial charge in [-0.2, -0.15) is 0 Å². The van der Waals surface area contributed by atoms with Crippen LogP contribution in [0.25, 0.3) is 22.0 Å². The van der Waals surface area contributed by atoms with Gasteiger partial charge >= 0.3 is 5.97 Å². The van der Waals surface area contributed by atoms with Gasteiger partial charge in [-0.1, -0.05) is 48.0 Å². The number of hydrogen-bond acceptors (Lipinski definition) is 4. The van der Waals surface area contributed by atoms with Crippen molar-refractivity contribution < 1.29 is 14.6 Å². The van der Waals surface area contributed by atoms with Gasteiger partial charge in [-0.25, -0.2) is 0 Å². The van der Waals surface area contributed by atoms with E-state index in [1.807, 2.05) is 44.2 Å². The predicted octanol–water partition coefficient (Wildman–Crippen LogP) is 6.50. The minimum absolute atomic E-state index is 0.0407. The summed E-state index contributed by atoms with van der Waals surface area (Å²) in [6.07, 6.45) is 2.14. The maximum atomic E-state index is 11.6. The van der Waals surface area contributed by atoms with Crippen LogP contribution in [0.2, 0.25) is 5.02 Å². The molecule has 0 unspecified atom stereocenters. The molecule has 1 N–H and O–H groups in total. The molecule has 1 aliphatic rings. The Morgan fingerprint density at radius 1 is 0.949 bits per heavy atom. The summed E-state index contributed by atoms with van der Waals surface area (Å²) in [5.74, 6) is 0.00112. The molecule has 2 heterocycles.